The van der Waals surface area contributed by atoms with Crippen molar-refractivity contribution in [3.63, 3.8) is 0 Å². The molecule has 0 spiro atoms. The highest BCUT2D eigenvalue weighted by Crippen LogP contribution is 2.26. The molecule has 1 aliphatic heterocycles. The second-order valence-electron chi connectivity index (χ2n) is 6.88. The predicted octanol–water partition coefficient (Wildman–Crippen LogP) is 4.14. The minimum Gasteiger partial charge on any atom is -0.335 e. The number of thiophene rings is 1. The molecule has 4 nitrogen and oxygen atoms in total. The zero-order valence-corrected chi connectivity index (χ0v) is 17.0. The van der Waals surface area contributed by atoms with E-state index in [0.29, 0.717) is 26.2 Å². The quantitative estimate of drug-likeness (QED) is 0.749. The highest BCUT2D eigenvalue weighted by Gasteiger charge is 2.27. The summed E-state index contributed by atoms with van der Waals surface area (Å²) in [7, 11) is 0. The van der Waals surface area contributed by atoms with Crippen molar-refractivity contribution in [3.8, 4) is 0 Å². The first-order chi connectivity index (χ1) is 13.4. The van der Waals surface area contributed by atoms with Gasteiger partial charge >= 0.3 is 0 Å². The lowest BCUT2D eigenvalue weighted by atomic mass is 10.1. The van der Waals surface area contributed by atoms with Gasteiger partial charge in [0.25, 0.3) is 11.8 Å². The topological polar surface area (TPSA) is 40.6 Å². The molecule has 2 aromatic rings. The second kappa shape index (κ2) is 8.82. The largest absolute Gasteiger partial charge is 0.335 e. The Morgan fingerprint density at radius 2 is 1.61 bits per heavy atom. The van der Waals surface area contributed by atoms with Crippen LogP contribution in [0, 0.1) is 11.6 Å². The van der Waals surface area contributed by atoms with E-state index in [4.69, 9.17) is 0 Å². The van der Waals surface area contributed by atoms with E-state index >= 15 is 0 Å². The molecule has 0 saturated carbocycles. The minimum atomic E-state index is -1.04. The standard InChI is InChI=1S/C21H24F2N2O2S/c1-3-5-18-14(4-2)13-19(28-18)21(27)25-10-8-24(9-11-25)20(26)15-6-7-16(22)17(23)12-15/h6-7,12-13H,3-5,8-11H2,1-2H3. The van der Waals surface area contributed by atoms with E-state index in [0.717, 1.165) is 36.3 Å². The predicted molar refractivity (Wildman–Crippen MR) is 106 cm³/mol. The Bertz CT molecular complexity index is 873. The number of aryl methyl sites for hydroxylation is 2. The summed E-state index contributed by atoms with van der Waals surface area (Å²) in [5.41, 5.74) is 1.36. The van der Waals surface area contributed by atoms with Gasteiger partial charge in [-0.05, 0) is 42.7 Å². The highest BCUT2D eigenvalue weighted by atomic mass is 32.1. The molecule has 0 aliphatic carbocycles. The number of amides is 2. The molecule has 0 bridgehead atoms. The van der Waals surface area contributed by atoms with Crippen LogP contribution >= 0.6 is 11.3 Å². The Balaban J connectivity index is 1.64. The Kier molecular flexibility index (Phi) is 6.44. The molecular formula is C21H24F2N2O2S. The fourth-order valence-corrected chi connectivity index (χ4v) is 4.71. The van der Waals surface area contributed by atoms with Crippen LogP contribution in [0.2, 0.25) is 0 Å². The maximum absolute atomic E-state index is 13.4. The van der Waals surface area contributed by atoms with Crippen LogP contribution in [0.3, 0.4) is 0 Å². The summed E-state index contributed by atoms with van der Waals surface area (Å²) in [6.45, 7) is 5.82. The van der Waals surface area contributed by atoms with Gasteiger partial charge in [0.15, 0.2) is 11.6 Å². The van der Waals surface area contributed by atoms with Gasteiger partial charge in [-0.15, -0.1) is 11.3 Å². The minimum absolute atomic E-state index is 0.00183. The number of hydrogen-bond acceptors (Lipinski definition) is 3. The fraction of sp³-hybridized carbons (Fsp3) is 0.429. The molecule has 0 N–H and O–H groups in total. The normalized spacial score (nSPS) is 14.4. The van der Waals surface area contributed by atoms with E-state index in [9.17, 15) is 18.4 Å². The van der Waals surface area contributed by atoms with Crippen LogP contribution in [-0.4, -0.2) is 47.8 Å². The summed E-state index contributed by atoms with van der Waals surface area (Å²) >= 11 is 1.57. The van der Waals surface area contributed by atoms with Gasteiger partial charge in [-0.25, -0.2) is 8.78 Å². The molecule has 7 heteroatoms. The first-order valence-corrected chi connectivity index (χ1v) is 10.4. The number of carbonyl (C=O) groups excluding carboxylic acids is 2. The van der Waals surface area contributed by atoms with Crippen LogP contribution in [0.1, 0.15) is 50.7 Å². The number of nitrogens with zero attached hydrogens (tertiary/aromatic N) is 2. The van der Waals surface area contributed by atoms with Crippen molar-refractivity contribution in [1.29, 1.82) is 0 Å². The van der Waals surface area contributed by atoms with Gasteiger partial charge < -0.3 is 9.80 Å². The van der Waals surface area contributed by atoms with Gasteiger partial charge in [-0.1, -0.05) is 20.3 Å². The van der Waals surface area contributed by atoms with Crippen LogP contribution < -0.4 is 0 Å². The lowest BCUT2D eigenvalue weighted by molar-refractivity contribution is 0.0538. The van der Waals surface area contributed by atoms with Gasteiger partial charge in [-0.3, -0.25) is 9.59 Å². The Morgan fingerprint density at radius 1 is 0.964 bits per heavy atom. The van der Waals surface area contributed by atoms with E-state index in [1.165, 1.54) is 16.5 Å². The first-order valence-electron chi connectivity index (χ1n) is 9.59. The second-order valence-corrected chi connectivity index (χ2v) is 8.01. The van der Waals surface area contributed by atoms with E-state index < -0.39 is 11.6 Å². The number of benzene rings is 1. The van der Waals surface area contributed by atoms with Gasteiger partial charge in [0.05, 0.1) is 4.88 Å². The molecular weight excluding hydrogens is 382 g/mol. The average Bonchev–Trinajstić information content (AvgIpc) is 3.12. The van der Waals surface area contributed by atoms with Crippen LogP contribution in [0.4, 0.5) is 8.78 Å². The van der Waals surface area contributed by atoms with Crippen molar-refractivity contribution in [2.75, 3.05) is 26.2 Å². The van der Waals surface area contributed by atoms with Crippen LogP contribution in [0.15, 0.2) is 24.3 Å². The summed E-state index contributed by atoms with van der Waals surface area (Å²) in [6.07, 6.45) is 2.94. The van der Waals surface area contributed by atoms with Gasteiger partial charge in [0.1, 0.15) is 0 Å². The maximum atomic E-state index is 13.4. The Morgan fingerprint density at radius 3 is 2.18 bits per heavy atom. The van der Waals surface area contributed by atoms with Crippen molar-refractivity contribution < 1.29 is 18.4 Å². The van der Waals surface area contributed by atoms with E-state index in [2.05, 4.69) is 13.8 Å². The number of halogens is 2. The summed E-state index contributed by atoms with van der Waals surface area (Å²) < 4.78 is 26.5. The van der Waals surface area contributed by atoms with Gasteiger partial charge in [0, 0.05) is 36.6 Å². The fourth-order valence-electron chi connectivity index (χ4n) is 3.39. The molecule has 0 unspecified atom stereocenters. The van der Waals surface area contributed by atoms with Gasteiger partial charge in [-0.2, -0.15) is 0 Å². The molecule has 150 valence electrons. The highest BCUT2D eigenvalue weighted by molar-refractivity contribution is 7.14. The van der Waals surface area contributed by atoms with Crippen LogP contribution in [0.5, 0.6) is 0 Å². The Hall–Kier alpha value is -2.28. The zero-order valence-electron chi connectivity index (χ0n) is 16.1. The van der Waals surface area contributed by atoms with Crippen molar-refractivity contribution in [3.05, 3.63) is 56.8 Å². The summed E-state index contributed by atoms with van der Waals surface area (Å²) in [5.74, 6) is -2.36. The van der Waals surface area contributed by atoms with Gasteiger partial charge in [0.2, 0.25) is 0 Å². The number of carbonyl (C=O) groups is 2. The van der Waals surface area contributed by atoms with Crippen molar-refractivity contribution in [2.45, 2.75) is 33.1 Å². The van der Waals surface area contributed by atoms with Crippen molar-refractivity contribution in [1.82, 2.24) is 9.80 Å². The zero-order chi connectivity index (χ0) is 20.3. The molecule has 1 saturated heterocycles. The molecule has 1 fully saturated rings. The lowest BCUT2D eigenvalue weighted by Gasteiger charge is -2.34. The SMILES string of the molecule is CCCc1sc(C(=O)N2CCN(C(=O)c3ccc(F)c(F)c3)CC2)cc1CC. The summed E-state index contributed by atoms with van der Waals surface area (Å²) in [4.78, 5) is 30.7. The number of piperazine rings is 1. The molecule has 0 radical (unpaired) electrons. The van der Waals surface area contributed by atoms with E-state index in [1.807, 2.05) is 6.07 Å². The van der Waals surface area contributed by atoms with Crippen molar-refractivity contribution >= 4 is 23.2 Å². The summed E-state index contributed by atoms with van der Waals surface area (Å²) in [6, 6.07) is 5.16. The molecule has 3 rings (SSSR count). The molecule has 28 heavy (non-hydrogen) atoms. The van der Waals surface area contributed by atoms with E-state index in [-0.39, 0.29) is 17.4 Å². The third kappa shape index (κ3) is 4.24. The van der Waals surface area contributed by atoms with Crippen molar-refractivity contribution in [2.24, 2.45) is 0 Å². The third-order valence-corrected chi connectivity index (χ3v) is 6.21. The van der Waals surface area contributed by atoms with Crippen LogP contribution in [-0.2, 0) is 12.8 Å². The number of rotatable bonds is 5. The molecule has 0 atom stereocenters. The molecule has 1 aromatic carbocycles. The van der Waals surface area contributed by atoms with E-state index in [1.54, 1.807) is 21.1 Å². The number of hydrogen-bond donors (Lipinski definition) is 0. The smallest absolute Gasteiger partial charge is 0.264 e. The van der Waals surface area contributed by atoms with Crippen LogP contribution in [0.25, 0.3) is 0 Å². The molecule has 2 amide bonds. The molecule has 1 aliphatic rings. The lowest BCUT2D eigenvalue weighted by Crippen LogP contribution is -2.50. The maximum Gasteiger partial charge on any atom is 0.264 e. The molecule has 1 aromatic heterocycles. The average molecular weight is 406 g/mol. The third-order valence-electron chi connectivity index (χ3n) is 4.99. The monoisotopic (exact) mass is 406 g/mol. The molecule has 2 heterocycles. The summed E-state index contributed by atoms with van der Waals surface area (Å²) in [5, 5.41) is 0. The Labute approximate surface area is 167 Å². The first kappa shape index (κ1) is 20.5.